The van der Waals surface area contributed by atoms with Gasteiger partial charge in [-0.25, -0.2) is 0 Å². The Morgan fingerprint density at radius 1 is 1.38 bits per heavy atom. The summed E-state index contributed by atoms with van der Waals surface area (Å²) in [5, 5.41) is 0. The lowest BCUT2D eigenvalue weighted by Gasteiger charge is -2.24. The molecule has 0 aliphatic rings. The Labute approximate surface area is 95.4 Å². The van der Waals surface area contributed by atoms with Crippen LogP contribution in [0.2, 0.25) is 0 Å². The van der Waals surface area contributed by atoms with E-state index in [0.29, 0.717) is 12.2 Å². The highest BCUT2D eigenvalue weighted by molar-refractivity contribution is 5.70. The molecule has 0 aliphatic carbocycles. The molecule has 1 rings (SSSR count). The predicted molar refractivity (Wildman–Crippen MR) is 61.5 cm³/mol. The molecule has 0 aromatic heterocycles. The second kappa shape index (κ2) is 4.92. The van der Waals surface area contributed by atoms with Gasteiger partial charge in [-0.2, -0.15) is 0 Å². The Balaban J connectivity index is 3.11. The molecule has 0 saturated heterocycles. The SMILES string of the molecule is CC(=O)Oc1ccccc1C(C)(C)CC=O. The third kappa shape index (κ3) is 2.92. The van der Waals surface area contributed by atoms with Crippen LogP contribution in [0.4, 0.5) is 0 Å². The van der Waals surface area contributed by atoms with Crippen molar-refractivity contribution in [3.05, 3.63) is 29.8 Å². The first-order chi connectivity index (χ1) is 7.47. The van der Waals surface area contributed by atoms with E-state index < -0.39 is 0 Å². The summed E-state index contributed by atoms with van der Waals surface area (Å²) < 4.78 is 5.12. The van der Waals surface area contributed by atoms with Crippen LogP contribution in [0.1, 0.15) is 32.8 Å². The zero-order chi connectivity index (χ0) is 12.2. The van der Waals surface area contributed by atoms with Gasteiger partial charge in [0.2, 0.25) is 0 Å². The first kappa shape index (κ1) is 12.4. The van der Waals surface area contributed by atoms with Gasteiger partial charge in [0, 0.05) is 18.9 Å². The molecule has 1 aromatic carbocycles. The molecule has 0 radical (unpaired) electrons. The first-order valence-electron chi connectivity index (χ1n) is 5.19. The molecule has 0 fully saturated rings. The van der Waals surface area contributed by atoms with Crippen LogP contribution in [-0.4, -0.2) is 12.3 Å². The lowest BCUT2D eigenvalue weighted by atomic mass is 9.81. The van der Waals surface area contributed by atoms with Crippen molar-refractivity contribution in [2.75, 3.05) is 0 Å². The molecule has 0 saturated carbocycles. The maximum atomic E-state index is 11.0. The van der Waals surface area contributed by atoms with E-state index in [1.165, 1.54) is 6.92 Å². The summed E-state index contributed by atoms with van der Waals surface area (Å²) in [5.41, 5.74) is 0.547. The van der Waals surface area contributed by atoms with Crippen molar-refractivity contribution in [2.24, 2.45) is 0 Å². The lowest BCUT2D eigenvalue weighted by Crippen LogP contribution is -2.19. The molecule has 3 heteroatoms. The number of esters is 1. The van der Waals surface area contributed by atoms with Crippen molar-refractivity contribution in [1.29, 1.82) is 0 Å². The molecule has 1 aromatic rings. The highest BCUT2D eigenvalue weighted by Crippen LogP contribution is 2.33. The van der Waals surface area contributed by atoms with Crippen LogP contribution in [0.25, 0.3) is 0 Å². The van der Waals surface area contributed by atoms with Crippen LogP contribution >= 0.6 is 0 Å². The summed E-state index contributed by atoms with van der Waals surface area (Å²) in [6.45, 7) is 5.26. The van der Waals surface area contributed by atoms with E-state index in [4.69, 9.17) is 4.74 Å². The maximum Gasteiger partial charge on any atom is 0.308 e. The van der Waals surface area contributed by atoms with Crippen molar-refractivity contribution in [3.8, 4) is 5.75 Å². The number of rotatable bonds is 4. The minimum Gasteiger partial charge on any atom is -0.426 e. The van der Waals surface area contributed by atoms with E-state index in [9.17, 15) is 9.59 Å². The fourth-order valence-electron chi connectivity index (χ4n) is 1.59. The topological polar surface area (TPSA) is 43.4 Å². The summed E-state index contributed by atoms with van der Waals surface area (Å²) in [4.78, 5) is 21.6. The van der Waals surface area contributed by atoms with Crippen molar-refractivity contribution in [3.63, 3.8) is 0 Å². The number of hydrogen-bond acceptors (Lipinski definition) is 3. The van der Waals surface area contributed by atoms with Gasteiger partial charge in [-0.05, 0) is 11.5 Å². The molecule has 0 aliphatic heterocycles. The van der Waals surface area contributed by atoms with Crippen LogP contribution in [0.15, 0.2) is 24.3 Å². The number of hydrogen-bond donors (Lipinski definition) is 0. The highest BCUT2D eigenvalue weighted by atomic mass is 16.5. The lowest BCUT2D eigenvalue weighted by molar-refractivity contribution is -0.131. The van der Waals surface area contributed by atoms with Crippen LogP contribution in [0.5, 0.6) is 5.75 Å². The number of ether oxygens (including phenoxy) is 1. The third-order valence-electron chi connectivity index (χ3n) is 2.46. The molecule has 0 spiro atoms. The minimum absolute atomic E-state index is 0.326. The van der Waals surface area contributed by atoms with Gasteiger partial charge >= 0.3 is 5.97 Å². The average Bonchev–Trinajstić information content (AvgIpc) is 2.17. The van der Waals surface area contributed by atoms with Crippen molar-refractivity contribution in [2.45, 2.75) is 32.6 Å². The van der Waals surface area contributed by atoms with Gasteiger partial charge in [-0.15, -0.1) is 0 Å². The summed E-state index contributed by atoms with van der Waals surface area (Å²) in [6, 6.07) is 7.29. The molecule has 3 nitrogen and oxygen atoms in total. The molecule has 0 unspecified atom stereocenters. The van der Waals surface area contributed by atoms with Crippen LogP contribution < -0.4 is 4.74 Å². The summed E-state index contributed by atoms with van der Waals surface area (Å²) in [5.74, 6) is 0.177. The Morgan fingerprint density at radius 2 is 2.00 bits per heavy atom. The maximum absolute atomic E-state index is 11.0. The Bertz CT molecular complexity index is 394. The van der Waals surface area contributed by atoms with E-state index in [-0.39, 0.29) is 11.4 Å². The van der Waals surface area contributed by atoms with Crippen molar-refractivity contribution in [1.82, 2.24) is 0 Å². The normalized spacial score (nSPS) is 10.9. The van der Waals surface area contributed by atoms with E-state index in [1.54, 1.807) is 12.1 Å². The zero-order valence-electron chi connectivity index (χ0n) is 9.82. The van der Waals surface area contributed by atoms with E-state index in [2.05, 4.69) is 0 Å². The van der Waals surface area contributed by atoms with Gasteiger partial charge in [0.05, 0.1) is 0 Å². The Hall–Kier alpha value is -1.64. The smallest absolute Gasteiger partial charge is 0.308 e. The second-order valence-corrected chi connectivity index (χ2v) is 4.34. The van der Waals surface area contributed by atoms with Gasteiger partial charge in [0.25, 0.3) is 0 Å². The Kier molecular flexibility index (Phi) is 3.82. The largest absolute Gasteiger partial charge is 0.426 e. The van der Waals surface area contributed by atoms with Crippen molar-refractivity contribution >= 4 is 12.3 Å². The van der Waals surface area contributed by atoms with E-state index in [1.807, 2.05) is 26.0 Å². The monoisotopic (exact) mass is 220 g/mol. The fourth-order valence-corrected chi connectivity index (χ4v) is 1.59. The van der Waals surface area contributed by atoms with E-state index >= 15 is 0 Å². The molecular formula is C13H16O3. The minimum atomic E-state index is -0.352. The van der Waals surface area contributed by atoms with E-state index in [0.717, 1.165) is 11.8 Å². The van der Waals surface area contributed by atoms with Gasteiger partial charge < -0.3 is 9.53 Å². The first-order valence-corrected chi connectivity index (χ1v) is 5.19. The van der Waals surface area contributed by atoms with Crippen LogP contribution in [0.3, 0.4) is 0 Å². The standard InChI is InChI=1S/C13H16O3/c1-10(15)16-12-7-5-4-6-11(12)13(2,3)8-9-14/h4-7,9H,8H2,1-3H3. The summed E-state index contributed by atoms with van der Waals surface area (Å²) >= 11 is 0. The van der Waals surface area contributed by atoms with Gasteiger partial charge in [-0.1, -0.05) is 32.0 Å². The fraction of sp³-hybridized carbons (Fsp3) is 0.385. The molecule has 0 atom stereocenters. The molecular weight excluding hydrogens is 204 g/mol. The van der Waals surface area contributed by atoms with Crippen molar-refractivity contribution < 1.29 is 14.3 Å². The average molecular weight is 220 g/mol. The molecule has 16 heavy (non-hydrogen) atoms. The number of carbonyl (C=O) groups excluding carboxylic acids is 2. The molecule has 0 heterocycles. The zero-order valence-corrected chi connectivity index (χ0v) is 9.82. The predicted octanol–water partition coefficient (Wildman–Crippen LogP) is 2.48. The summed E-state index contributed by atoms with van der Waals surface area (Å²) in [7, 11) is 0. The Morgan fingerprint density at radius 3 is 2.56 bits per heavy atom. The van der Waals surface area contributed by atoms with Gasteiger partial charge in [0.1, 0.15) is 12.0 Å². The van der Waals surface area contributed by atoms with Gasteiger partial charge in [0.15, 0.2) is 0 Å². The van der Waals surface area contributed by atoms with Gasteiger partial charge in [-0.3, -0.25) is 4.79 Å². The molecule has 86 valence electrons. The molecule has 0 bridgehead atoms. The highest BCUT2D eigenvalue weighted by Gasteiger charge is 2.24. The molecule has 0 amide bonds. The van der Waals surface area contributed by atoms with Crippen LogP contribution in [0, 0.1) is 0 Å². The number of aldehydes is 1. The van der Waals surface area contributed by atoms with Crippen LogP contribution in [-0.2, 0) is 15.0 Å². The number of carbonyl (C=O) groups is 2. The molecule has 0 N–H and O–H groups in total. The third-order valence-corrected chi connectivity index (χ3v) is 2.46. The number of benzene rings is 1. The second-order valence-electron chi connectivity index (χ2n) is 4.34. The quantitative estimate of drug-likeness (QED) is 0.445. The number of para-hydroxylation sites is 1. The summed E-state index contributed by atoms with van der Waals surface area (Å²) in [6.07, 6.45) is 1.27.